The lowest BCUT2D eigenvalue weighted by Gasteiger charge is -2.27. The first kappa shape index (κ1) is 27.2. The number of carboxylic acid groups (broad SMARTS) is 1. The molecule has 208 valence electrons. The Morgan fingerprint density at radius 2 is 1.85 bits per heavy atom. The number of aromatic hydroxyl groups is 1. The maximum atomic E-state index is 13.7. The van der Waals surface area contributed by atoms with Gasteiger partial charge >= 0.3 is 5.97 Å². The summed E-state index contributed by atoms with van der Waals surface area (Å²) in [7, 11) is 1.30. The van der Waals surface area contributed by atoms with Gasteiger partial charge in [-0.2, -0.15) is 0 Å². The molecule has 10 nitrogen and oxygen atoms in total. The molecule has 0 bridgehead atoms. The zero-order valence-electron chi connectivity index (χ0n) is 22.3. The molecule has 0 fully saturated rings. The van der Waals surface area contributed by atoms with Crippen molar-refractivity contribution in [3.63, 3.8) is 0 Å². The maximum Gasteiger partial charge on any atom is 0.328 e. The molecule has 0 saturated heterocycles. The Labute approximate surface area is 233 Å². The van der Waals surface area contributed by atoms with Crippen molar-refractivity contribution in [1.82, 2.24) is 5.32 Å². The van der Waals surface area contributed by atoms with Gasteiger partial charge in [0.1, 0.15) is 39.6 Å². The molecule has 1 atom stereocenters. The molecule has 0 aromatic heterocycles. The number of nitrogens with one attached hydrogen (secondary N) is 1. The van der Waals surface area contributed by atoms with E-state index in [1.54, 1.807) is 6.07 Å². The molecule has 1 amide bonds. The van der Waals surface area contributed by atoms with E-state index >= 15 is 0 Å². The van der Waals surface area contributed by atoms with Gasteiger partial charge in [-0.25, -0.2) is 4.79 Å². The number of ether oxygens (including phenoxy) is 2. The van der Waals surface area contributed by atoms with Gasteiger partial charge in [-0.3, -0.25) is 14.4 Å². The second kappa shape index (κ2) is 9.98. The second-order valence-corrected chi connectivity index (χ2v) is 9.81. The van der Waals surface area contributed by atoms with E-state index in [1.165, 1.54) is 26.2 Å². The first-order chi connectivity index (χ1) is 19.5. The Morgan fingerprint density at radius 3 is 2.54 bits per heavy atom. The van der Waals surface area contributed by atoms with Gasteiger partial charge < -0.3 is 30.1 Å². The van der Waals surface area contributed by atoms with Crippen molar-refractivity contribution in [2.75, 3.05) is 7.11 Å². The molecule has 41 heavy (non-hydrogen) atoms. The lowest BCUT2D eigenvalue weighted by molar-refractivity contribution is -0.131. The molecule has 1 heterocycles. The van der Waals surface area contributed by atoms with E-state index in [1.807, 2.05) is 30.3 Å². The highest BCUT2D eigenvalue weighted by molar-refractivity contribution is 6.25. The van der Waals surface area contributed by atoms with Crippen molar-refractivity contribution < 1.29 is 44.0 Å². The summed E-state index contributed by atoms with van der Waals surface area (Å²) in [5.74, 6) is -4.34. The number of aliphatic carboxylic acids is 1. The number of amides is 1. The number of methoxy groups -OCH3 is 1. The lowest BCUT2D eigenvalue weighted by Crippen LogP contribution is -2.38. The number of Topliss-reactive ketones (excluding diaryl/α,β-unsaturated/α-hetero) is 2. The summed E-state index contributed by atoms with van der Waals surface area (Å²) >= 11 is 0. The minimum Gasteiger partial charge on any atom is -0.507 e. The van der Waals surface area contributed by atoms with E-state index in [-0.39, 0.29) is 40.7 Å². The van der Waals surface area contributed by atoms with Crippen LogP contribution in [0.1, 0.15) is 40.9 Å². The van der Waals surface area contributed by atoms with Crippen LogP contribution >= 0.6 is 0 Å². The largest absolute Gasteiger partial charge is 0.507 e. The fourth-order valence-electron chi connectivity index (χ4n) is 5.31. The predicted molar refractivity (Wildman–Crippen MR) is 148 cm³/mol. The third-order valence-corrected chi connectivity index (χ3v) is 7.26. The number of carbonyl (C=O) groups is 4. The van der Waals surface area contributed by atoms with Crippen LogP contribution in [0.3, 0.4) is 0 Å². The molecule has 0 spiro atoms. The lowest BCUT2D eigenvalue weighted by atomic mass is 9.71. The first-order valence-electron chi connectivity index (χ1n) is 12.5. The highest BCUT2D eigenvalue weighted by Crippen LogP contribution is 2.56. The summed E-state index contributed by atoms with van der Waals surface area (Å²) in [4.78, 5) is 50.3. The van der Waals surface area contributed by atoms with Crippen LogP contribution in [0, 0.1) is 0 Å². The number of allylic oxidation sites excluding steroid dienone is 3. The van der Waals surface area contributed by atoms with Gasteiger partial charge in [0, 0.05) is 24.8 Å². The Bertz CT molecular complexity index is 1780. The second-order valence-electron chi connectivity index (χ2n) is 9.81. The van der Waals surface area contributed by atoms with Gasteiger partial charge in [-0.15, -0.1) is 0 Å². The smallest absolute Gasteiger partial charge is 0.328 e. The van der Waals surface area contributed by atoms with Crippen molar-refractivity contribution in [2.45, 2.75) is 25.8 Å². The first-order valence-corrected chi connectivity index (χ1v) is 12.5. The molecule has 0 unspecified atom stereocenters. The van der Waals surface area contributed by atoms with Gasteiger partial charge in [-0.1, -0.05) is 24.3 Å². The Hall–Kier alpha value is -5.38. The molecular formula is C31H25NO9. The normalized spacial score (nSPS) is 17.6. The van der Waals surface area contributed by atoms with E-state index < -0.39 is 40.2 Å². The van der Waals surface area contributed by atoms with E-state index in [4.69, 9.17) is 14.6 Å². The number of aliphatic hydroxyl groups excluding tert-OH is 1. The molecule has 1 aliphatic carbocycles. The van der Waals surface area contributed by atoms with Crippen molar-refractivity contribution >= 4 is 40.3 Å². The molecule has 4 N–H and O–H groups in total. The molecular weight excluding hydrogens is 530 g/mol. The molecule has 0 saturated carbocycles. The number of carbonyl (C=O) groups excluding carboxylic acids is 3. The van der Waals surface area contributed by atoms with Crippen LogP contribution in [0.2, 0.25) is 0 Å². The Kier molecular flexibility index (Phi) is 6.62. The van der Waals surface area contributed by atoms with Gasteiger partial charge in [0.05, 0.1) is 12.7 Å². The summed E-state index contributed by atoms with van der Waals surface area (Å²) in [5.41, 5.74) is -0.905. The minimum atomic E-state index is -1.67. The Balaban J connectivity index is 1.56. The minimum absolute atomic E-state index is 0.0268. The third kappa shape index (κ3) is 4.39. The highest BCUT2D eigenvalue weighted by atomic mass is 16.5. The highest BCUT2D eigenvalue weighted by Gasteiger charge is 2.55. The van der Waals surface area contributed by atoms with Crippen molar-refractivity contribution in [3.8, 4) is 17.2 Å². The average Bonchev–Trinajstić information content (AvgIpc) is 3.23. The van der Waals surface area contributed by atoms with Crippen LogP contribution in [-0.2, 0) is 26.3 Å². The van der Waals surface area contributed by atoms with E-state index in [0.717, 1.165) is 29.8 Å². The summed E-state index contributed by atoms with van der Waals surface area (Å²) in [6.45, 7) is 2.62. The summed E-state index contributed by atoms with van der Waals surface area (Å²) < 4.78 is 11.3. The fraction of sp³-hybridized carbons (Fsp3) is 0.161. The number of carboxylic acids is 1. The number of fused-ring (bicyclic) bond motifs is 4. The van der Waals surface area contributed by atoms with Gasteiger partial charge in [0.2, 0.25) is 0 Å². The van der Waals surface area contributed by atoms with Crippen molar-refractivity contribution in [2.24, 2.45) is 0 Å². The van der Waals surface area contributed by atoms with Crippen LogP contribution in [0.5, 0.6) is 17.2 Å². The summed E-state index contributed by atoms with van der Waals surface area (Å²) in [6.07, 6.45) is 3.61. The molecule has 3 aromatic carbocycles. The molecule has 0 radical (unpaired) electrons. The monoisotopic (exact) mass is 555 g/mol. The topological polar surface area (TPSA) is 159 Å². The van der Waals surface area contributed by atoms with Crippen molar-refractivity contribution in [3.05, 3.63) is 94.0 Å². The van der Waals surface area contributed by atoms with Crippen LogP contribution in [0.25, 0.3) is 16.8 Å². The number of hydrogen-bond donors (Lipinski definition) is 4. The molecule has 5 rings (SSSR count). The van der Waals surface area contributed by atoms with E-state index in [0.29, 0.717) is 11.1 Å². The quantitative estimate of drug-likeness (QED) is 0.249. The van der Waals surface area contributed by atoms with Crippen LogP contribution in [0.4, 0.5) is 0 Å². The molecule has 2 aliphatic rings. The summed E-state index contributed by atoms with van der Waals surface area (Å²) in [6, 6.07) is 12.2. The van der Waals surface area contributed by atoms with Crippen LogP contribution in [0.15, 0.2) is 71.7 Å². The number of hydrogen-bond acceptors (Lipinski definition) is 8. The van der Waals surface area contributed by atoms with Crippen molar-refractivity contribution in [1.29, 1.82) is 0 Å². The zero-order valence-corrected chi connectivity index (χ0v) is 22.3. The number of phenols is 1. The van der Waals surface area contributed by atoms with Crippen LogP contribution < -0.4 is 14.8 Å². The number of ketones is 2. The SMILES string of the molecule is COc1cc(O)c2c(c1C(=O)NCc1cc(C=CC(=O)O)cc3ccccc13)OC1=CC(O)=C(C(C)=O)C(=O)[C@]12C. The number of rotatable bonds is 7. The summed E-state index contributed by atoms with van der Waals surface area (Å²) in [5, 5.41) is 34.8. The fourth-order valence-corrected chi connectivity index (χ4v) is 5.31. The zero-order chi connectivity index (χ0) is 29.6. The molecule has 3 aromatic rings. The van der Waals surface area contributed by atoms with E-state index in [2.05, 4.69) is 5.32 Å². The number of aliphatic hydroxyl groups is 1. The third-order valence-electron chi connectivity index (χ3n) is 7.26. The predicted octanol–water partition coefficient (Wildman–Crippen LogP) is 4.10. The van der Waals surface area contributed by atoms with Gasteiger partial charge in [0.25, 0.3) is 5.91 Å². The number of benzene rings is 3. The van der Waals surface area contributed by atoms with Gasteiger partial charge in [0.15, 0.2) is 17.3 Å². The van der Waals surface area contributed by atoms with E-state index in [9.17, 15) is 29.4 Å². The average molecular weight is 556 g/mol. The van der Waals surface area contributed by atoms with Gasteiger partial charge in [-0.05, 0) is 54.0 Å². The molecule has 1 aliphatic heterocycles. The molecule has 10 heteroatoms. The standard InChI is InChI=1S/C31H25NO9/c1-15(33)25-20(34)13-23-31(2,29(25)38)27-21(35)12-22(40-3)26(28(27)41-23)30(39)32-14-18-11-16(8-9-24(36)37)10-17-6-4-5-7-19(17)18/h4-13,34-35H,14H2,1-3H3,(H,32,39)(H,36,37)/t31-/m1/s1. The Morgan fingerprint density at radius 1 is 1.12 bits per heavy atom. The number of phenolic OH excluding ortho intramolecular Hbond substituents is 1. The maximum absolute atomic E-state index is 13.7. The van der Waals surface area contributed by atoms with Crippen LogP contribution in [-0.4, -0.2) is 45.9 Å².